The molecule has 0 fully saturated rings. The van der Waals surface area contributed by atoms with E-state index in [4.69, 9.17) is 0 Å². The summed E-state index contributed by atoms with van der Waals surface area (Å²) < 4.78 is 0. The number of carbonyl (C=O) groups is 2. The molecule has 5 nitrogen and oxygen atoms in total. The zero-order chi connectivity index (χ0) is 19.1. The summed E-state index contributed by atoms with van der Waals surface area (Å²) >= 11 is 0. The molecular formula is C22H21N3O2. The molecule has 5 heteroatoms. The Morgan fingerprint density at radius 1 is 0.704 bits per heavy atom. The van der Waals surface area contributed by atoms with E-state index in [1.807, 2.05) is 49.4 Å². The molecule has 0 atom stereocenters. The lowest BCUT2D eigenvalue weighted by Crippen LogP contribution is -2.19. The van der Waals surface area contributed by atoms with E-state index in [1.54, 1.807) is 36.4 Å². The van der Waals surface area contributed by atoms with Crippen molar-refractivity contribution in [2.24, 2.45) is 0 Å². The maximum Gasteiger partial charge on any atom is 0.323 e. The Hall–Kier alpha value is -3.60. The van der Waals surface area contributed by atoms with Crippen LogP contribution in [0.5, 0.6) is 0 Å². The molecule has 3 rings (SSSR count). The quantitative estimate of drug-likeness (QED) is 0.590. The number of hydrogen-bond donors (Lipinski definition) is 3. The van der Waals surface area contributed by atoms with Crippen LogP contribution in [0.4, 0.5) is 21.9 Å². The second kappa shape index (κ2) is 8.67. The number of benzene rings is 3. The number of para-hydroxylation sites is 2. The molecule has 0 aliphatic carbocycles. The molecule has 0 saturated heterocycles. The minimum Gasteiger partial charge on any atom is -0.322 e. The Kier molecular flexibility index (Phi) is 5.84. The van der Waals surface area contributed by atoms with Gasteiger partial charge in [-0.25, -0.2) is 4.79 Å². The van der Waals surface area contributed by atoms with Crippen molar-refractivity contribution in [3.63, 3.8) is 0 Å². The fraction of sp³-hybridized carbons (Fsp3) is 0.0909. The third-order valence-electron chi connectivity index (χ3n) is 4.08. The van der Waals surface area contributed by atoms with Gasteiger partial charge in [0.05, 0.1) is 0 Å². The highest BCUT2D eigenvalue weighted by molar-refractivity contribution is 6.05. The van der Waals surface area contributed by atoms with Gasteiger partial charge < -0.3 is 16.0 Å². The Bertz CT molecular complexity index is 922. The van der Waals surface area contributed by atoms with Crippen LogP contribution in [0.3, 0.4) is 0 Å². The van der Waals surface area contributed by atoms with Gasteiger partial charge in [0.1, 0.15) is 0 Å². The highest BCUT2D eigenvalue weighted by atomic mass is 16.2. The molecule has 0 bridgehead atoms. The first-order valence-corrected chi connectivity index (χ1v) is 8.78. The number of aryl methyl sites for hydroxylation is 1. The van der Waals surface area contributed by atoms with Gasteiger partial charge in [0, 0.05) is 22.6 Å². The first-order valence-electron chi connectivity index (χ1n) is 8.78. The van der Waals surface area contributed by atoms with E-state index in [2.05, 4.69) is 16.0 Å². The fourth-order valence-electron chi connectivity index (χ4n) is 2.66. The molecule has 0 heterocycles. The lowest BCUT2D eigenvalue weighted by atomic mass is 10.1. The first-order chi connectivity index (χ1) is 13.2. The number of hydrogen-bond acceptors (Lipinski definition) is 2. The summed E-state index contributed by atoms with van der Waals surface area (Å²) in [5, 5.41) is 8.42. The fourth-order valence-corrected chi connectivity index (χ4v) is 2.66. The van der Waals surface area contributed by atoms with Gasteiger partial charge in [-0.15, -0.1) is 0 Å². The van der Waals surface area contributed by atoms with Gasteiger partial charge in [0.15, 0.2) is 0 Å². The van der Waals surface area contributed by atoms with Crippen molar-refractivity contribution in [1.29, 1.82) is 0 Å². The zero-order valence-corrected chi connectivity index (χ0v) is 15.0. The van der Waals surface area contributed by atoms with Crippen molar-refractivity contribution in [2.75, 3.05) is 16.0 Å². The molecule has 0 aromatic heterocycles. The maximum absolute atomic E-state index is 12.4. The third-order valence-corrected chi connectivity index (χ3v) is 4.08. The van der Waals surface area contributed by atoms with E-state index in [0.717, 1.165) is 17.7 Å². The molecule has 0 radical (unpaired) electrons. The minimum absolute atomic E-state index is 0.184. The SMILES string of the molecule is CCc1ccccc1NC(=O)c1ccc(NC(=O)Nc2ccccc2)cc1. The standard InChI is InChI=1S/C22H21N3O2/c1-2-16-8-6-7-11-20(16)25-21(26)17-12-14-19(15-13-17)24-22(27)23-18-9-4-3-5-10-18/h3-15H,2H2,1H3,(H,25,26)(H2,23,24,27). The number of carbonyl (C=O) groups excluding carboxylic acids is 2. The monoisotopic (exact) mass is 359 g/mol. The van der Waals surface area contributed by atoms with Crippen LogP contribution in [0, 0.1) is 0 Å². The van der Waals surface area contributed by atoms with Gasteiger partial charge in [-0.05, 0) is 54.4 Å². The summed E-state index contributed by atoms with van der Waals surface area (Å²) in [4.78, 5) is 24.5. The lowest BCUT2D eigenvalue weighted by molar-refractivity contribution is 0.102. The number of nitrogens with one attached hydrogen (secondary N) is 3. The Morgan fingerprint density at radius 3 is 1.96 bits per heavy atom. The van der Waals surface area contributed by atoms with Gasteiger partial charge in [-0.1, -0.05) is 43.3 Å². The Morgan fingerprint density at radius 2 is 1.30 bits per heavy atom. The van der Waals surface area contributed by atoms with E-state index in [9.17, 15) is 9.59 Å². The van der Waals surface area contributed by atoms with Crippen molar-refractivity contribution in [1.82, 2.24) is 0 Å². The first kappa shape index (κ1) is 18.2. The topological polar surface area (TPSA) is 70.2 Å². The summed E-state index contributed by atoms with van der Waals surface area (Å²) in [6.45, 7) is 2.05. The normalized spacial score (nSPS) is 10.1. The molecule has 27 heavy (non-hydrogen) atoms. The van der Waals surface area contributed by atoms with Crippen molar-refractivity contribution in [2.45, 2.75) is 13.3 Å². The molecule has 0 spiro atoms. The Labute approximate surface area is 158 Å². The van der Waals surface area contributed by atoms with Crippen molar-refractivity contribution in [3.05, 3.63) is 90.0 Å². The minimum atomic E-state index is -0.338. The van der Waals surface area contributed by atoms with E-state index >= 15 is 0 Å². The lowest BCUT2D eigenvalue weighted by Gasteiger charge is -2.11. The van der Waals surface area contributed by atoms with Gasteiger partial charge in [0.2, 0.25) is 0 Å². The second-order valence-electron chi connectivity index (χ2n) is 5.99. The highest BCUT2D eigenvalue weighted by Gasteiger charge is 2.09. The zero-order valence-electron chi connectivity index (χ0n) is 15.0. The van der Waals surface area contributed by atoms with Crippen LogP contribution in [0.25, 0.3) is 0 Å². The van der Waals surface area contributed by atoms with E-state index in [-0.39, 0.29) is 11.9 Å². The summed E-state index contributed by atoms with van der Waals surface area (Å²) in [5.41, 5.74) is 3.74. The molecule has 3 aromatic rings. The number of amides is 3. The number of rotatable bonds is 5. The van der Waals surface area contributed by atoms with Crippen LogP contribution in [-0.4, -0.2) is 11.9 Å². The summed E-state index contributed by atoms with van der Waals surface area (Å²) in [6, 6.07) is 23.3. The Balaban J connectivity index is 1.61. The average molecular weight is 359 g/mol. The molecule has 3 aromatic carbocycles. The molecule has 0 aliphatic rings. The summed E-state index contributed by atoms with van der Waals surface area (Å²) in [7, 11) is 0. The van der Waals surface area contributed by atoms with Crippen LogP contribution in [0.1, 0.15) is 22.8 Å². The second-order valence-corrected chi connectivity index (χ2v) is 5.99. The van der Waals surface area contributed by atoms with E-state index < -0.39 is 0 Å². The van der Waals surface area contributed by atoms with E-state index in [0.29, 0.717) is 16.9 Å². The predicted molar refractivity (Wildman–Crippen MR) is 109 cm³/mol. The number of anilines is 3. The number of urea groups is 1. The van der Waals surface area contributed by atoms with Gasteiger partial charge in [0.25, 0.3) is 5.91 Å². The van der Waals surface area contributed by atoms with Gasteiger partial charge in [-0.2, -0.15) is 0 Å². The highest BCUT2D eigenvalue weighted by Crippen LogP contribution is 2.17. The molecule has 136 valence electrons. The predicted octanol–water partition coefficient (Wildman–Crippen LogP) is 5.15. The smallest absolute Gasteiger partial charge is 0.322 e. The molecule has 0 saturated carbocycles. The molecular weight excluding hydrogens is 338 g/mol. The van der Waals surface area contributed by atoms with Crippen molar-refractivity contribution < 1.29 is 9.59 Å². The van der Waals surface area contributed by atoms with Crippen LogP contribution in [0.15, 0.2) is 78.9 Å². The van der Waals surface area contributed by atoms with Gasteiger partial charge in [-0.3, -0.25) is 4.79 Å². The molecule has 0 aliphatic heterocycles. The van der Waals surface area contributed by atoms with Crippen LogP contribution in [0.2, 0.25) is 0 Å². The van der Waals surface area contributed by atoms with Crippen molar-refractivity contribution >= 4 is 29.0 Å². The third kappa shape index (κ3) is 4.95. The van der Waals surface area contributed by atoms with E-state index in [1.165, 1.54) is 0 Å². The van der Waals surface area contributed by atoms with Crippen LogP contribution in [-0.2, 0) is 6.42 Å². The summed E-state index contributed by atoms with van der Waals surface area (Å²) in [5.74, 6) is -0.184. The van der Waals surface area contributed by atoms with Crippen molar-refractivity contribution in [3.8, 4) is 0 Å². The van der Waals surface area contributed by atoms with Crippen LogP contribution < -0.4 is 16.0 Å². The van der Waals surface area contributed by atoms with Gasteiger partial charge >= 0.3 is 6.03 Å². The average Bonchev–Trinajstić information content (AvgIpc) is 2.69. The summed E-state index contributed by atoms with van der Waals surface area (Å²) in [6.07, 6.45) is 0.843. The molecule has 0 unspecified atom stereocenters. The maximum atomic E-state index is 12.4. The van der Waals surface area contributed by atoms with Crippen LogP contribution >= 0.6 is 0 Å². The molecule has 3 N–H and O–H groups in total. The molecule has 3 amide bonds. The largest absolute Gasteiger partial charge is 0.323 e.